The van der Waals surface area contributed by atoms with Gasteiger partial charge in [0.1, 0.15) is 11.6 Å². The Bertz CT molecular complexity index is 853. The molecule has 0 radical (unpaired) electrons. The summed E-state index contributed by atoms with van der Waals surface area (Å²) >= 11 is 0. The van der Waals surface area contributed by atoms with Crippen molar-refractivity contribution < 1.29 is 9.59 Å². The van der Waals surface area contributed by atoms with E-state index in [9.17, 15) is 9.59 Å². The molecule has 0 bridgehead atoms. The number of unbranched alkanes of at least 4 members (excludes halogenated alkanes) is 1. The van der Waals surface area contributed by atoms with E-state index in [1.165, 1.54) is 43.2 Å². The molecule has 1 atom stereocenters. The minimum atomic E-state index is -0.661. The van der Waals surface area contributed by atoms with Crippen molar-refractivity contribution in [3.63, 3.8) is 0 Å². The van der Waals surface area contributed by atoms with E-state index in [1.54, 1.807) is 0 Å². The van der Waals surface area contributed by atoms with Gasteiger partial charge < -0.3 is 10.2 Å². The van der Waals surface area contributed by atoms with E-state index in [0.717, 1.165) is 58.2 Å². The lowest BCUT2D eigenvalue weighted by molar-refractivity contribution is -0.162. The highest BCUT2D eigenvalue weighted by Gasteiger charge is 2.53. The second-order valence-corrected chi connectivity index (χ2v) is 11.8. The molecule has 3 fully saturated rings. The number of nitrogens with one attached hydrogen (secondary N) is 1. The molecule has 1 aromatic rings. The van der Waals surface area contributed by atoms with Gasteiger partial charge in [-0.25, -0.2) is 0 Å². The van der Waals surface area contributed by atoms with Gasteiger partial charge in [-0.3, -0.25) is 14.5 Å². The van der Waals surface area contributed by atoms with Crippen LogP contribution in [0.15, 0.2) is 24.3 Å². The summed E-state index contributed by atoms with van der Waals surface area (Å²) < 4.78 is 0. The first-order valence-corrected chi connectivity index (χ1v) is 14.3. The Morgan fingerprint density at radius 3 is 2.46 bits per heavy atom. The summed E-state index contributed by atoms with van der Waals surface area (Å²) in [6.45, 7) is 10.0. The Morgan fingerprint density at radius 2 is 1.77 bits per heavy atom. The summed E-state index contributed by atoms with van der Waals surface area (Å²) in [5, 5.41) is 3.22. The van der Waals surface area contributed by atoms with Gasteiger partial charge >= 0.3 is 0 Å². The maximum Gasteiger partial charge on any atom is 0.246 e. The molecule has 0 aromatic heterocycles. The topological polar surface area (TPSA) is 52.7 Å². The average molecular weight is 482 g/mol. The van der Waals surface area contributed by atoms with Crippen molar-refractivity contribution in [2.24, 2.45) is 11.8 Å². The van der Waals surface area contributed by atoms with E-state index >= 15 is 0 Å². The lowest BCUT2D eigenvalue weighted by Gasteiger charge is -2.52. The third-order valence-electron chi connectivity index (χ3n) is 8.56. The minimum absolute atomic E-state index is 0.104. The molecule has 1 N–H and O–H groups in total. The van der Waals surface area contributed by atoms with Crippen LogP contribution in [0.4, 0.5) is 0 Å². The fourth-order valence-electron chi connectivity index (χ4n) is 6.59. The van der Waals surface area contributed by atoms with Gasteiger partial charge in [0.15, 0.2) is 0 Å². The van der Waals surface area contributed by atoms with Crippen LogP contribution in [-0.2, 0) is 22.6 Å². The van der Waals surface area contributed by atoms with Crippen molar-refractivity contribution in [3.8, 4) is 0 Å². The molecule has 2 aliphatic heterocycles. The van der Waals surface area contributed by atoms with Gasteiger partial charge in [-0.05, 0) is 55.1 Å². The number of likely N-dealkylation sites (tertiary alicyclic amines) is 1. The fraction of sp³-hybridized carbons (Fsp3) is 0.733. The van der Waals surface area contributed by atoms with Crippen LogP contribution in [0.5, 0.6) is 0 Å². The predicted octanol–water partition coefficient (Wildman–Crippen LogP) is 5.32. The van der Waals surface area contributed by atoms with Crippen LogP contribution < -0.4 is 5.32 Å². The molecule has 4 rings (SSSR count). The summed E-state index contributed by atoms with van der Waals surface area (Å²) in [6, 6.07) is 8.63. The zero-order valence-corrected chi connectivity index (χ0v) is 22.4. The maximum absolute atomic E-state index is 13.7. The number of benzene rings is 1. The van der Waals surface area contributed by atoms with Crippen LogP contribution in [0.25, 0.3) is 0 Å². The third-order valence-corrected chi connectivity index (χ3v) is 8.56. The Kier molecular flexibility index (Phi) is 8.91. The van der Waals surface area contributed by atoms with Crippen molar-refractivity contribution in [1.29, 1.82) is 0 Å². The van der Waals surface area contributed by atoms with Crippen LogP contribution in [0.1, 0.15) is 96.1 Å². The number of amides is 2. The normalized spacial score (nSPS) is 23.8. The molecule has 2 amide bonds. The lowest BCUT2D eigenvalue weighted by atomic mass is 9.79. The third kappa shape index (κ3) is 6.28. The number of hydrogen-bond donors (Lipinski definition) is 1. The van der Waals surface area contributed by atoms with E-state index in [0.29, 0.717) is 18.4 Å². The molecule has 1 aliphatic carbocycles. The van der Waals surface area contributed by atoms with Gasteiger partial charge in [-0.2, -0.15) is 0 Å². The molecular formula is C30H47N3O2. The second kappa shape index (κ2) is 11.9. The Morgan fingerprint density at radius 1 is 1.06 bits per heavy atom. The molecule has 2 heterocycles. The summed E-state index contributed by atoms with van der Waals surface area (Å²) in [6.07, 6.45) is 11.6. The Hall–Kier alpha value is -1.88. The standard InChI is InChI=1S/C30H47N3O2/c1-4-5-16-33-28(34)27(21-24-10-7-6-8-11-24)31-29(35)30(33)14-17-32(18-15-30)22-26-13-9-12-25(20-26)19-23(2)3/h9,12-13,20,23-24,27H,4-8,10-11,14-19,21-22H2,1-3H3,(H,31,35). The van der Waals surface area contributed by atoms with E-state index < -0.39 is 5.54 Å². The minimum Gasteiger partial charge on any atom is -0.342 e. The first-order valence-electron chi connectivity index (χ1n) is 14.3. The van der Waals surface area contributed by atoms with Gasteiger partial charge in [0.05, 0.1) is 0 Å². The Labute approximate surface area is 213 Å². The number of piperazine rings is 1. The van der Waals surface area contributed by atoms with E-state index in [1.807, 2.05) is 4.90 Å². The molecule has 5 heteroatoms. The number of carbonyl (C=O) groups is 2. The lowest BCUT2D eigenvalue weighted by Crippen LogP contribution is -2.73. The molecule has 1 saturated carbocycles. The maximum atomic E-state index is 13.7. The highest BCUT2D eigenvalue weighted by atomic mass is 16.2. The highest BCUT2D eigenvalue weighted by Crippen LogP contribution is 2.36. The SMILES string of the molecule is CCCCN1C(=O)C(CC2CCCCC2)NC(=O)C12CCN(Cc1cccc(CC(C)C)c1)CC2. The summed E-state index contributed by atoms with van der Waals surface area (Å²) in [7, 11) is 0. The highest BCUT2D eigenvalue weighted by molar-refractivity contribution is 6.00. The second-order valence-electron chi connectivity index (χ2n) is 11.8. The zero-order valence-electron chi connectivity index (χ0n) is 22.4. The molecule has 5 nitrogen and oxygen atoms in total. The van der Waals surface area contributed by atoms with Crippen molar-refractivity contribution in [2.45, 2.75) is 110 Å². The van der Waals surface area contributed by atoms with E-state index in [4.69, 9.17) is 0 Å². The first-order chi connectivity index (χ1) is 16.9. The van der Waals surface area contributed by atoms with E-state index in [-0.39, 0.29) is 17.9 Å². The number of carbonyl (C=O) groups excluding carboxylic acids is 2. The predicted molar refractivity (Wildman–Crippen MR) is 142 cm³/mol. The van der Waals surface area contributed by atoms with Crippen molar-refractivity contribution in [3.05, 3.63) is 35.4 Å². The first kappa shape index (κ1) is 26.2. The van der Waals surface area contributed by atoms with Crippen molar-refractivity contribution >= 4 is 11.8 Å². The molecular weight excluding hydrogens is 434 g/mol. The number of hydrogen-bond acceptors (Lipinski definition) is 3. The van der Waals surface area contributed by atoms with E-state index in [2.05, 4.69) is 55.3 Å². The molecule has 194 valence electrons. The van der Waals surface area contributed by atoms with Crippen LogP contribution in [0.2, 0.25) is 0 Å². The molecule has 3 aliphatic rings. The summed E-state index contributed by atoms with van der Waals surface area (Å²) in [4.78, 5) is 31.8. The van der Waals surface area contributed by atoms with Gasteiger partial charge in [-0.1, -0.05) is 83.6 Å². The average Bonchev–Trinajstić information content (AvgIpc) is 2.84. The van der Waals surface area contributed by atoms with Crippen LogP contribution in [0.3, 0.4) is 0 Å². The van der Waals surface area contributed by atoms with Gasteiger partial charge in [0.2, 0.25) is 11.8 Å². The summed E-state index contributed by atoms with van der Waals surface area (Å²) in [5.41, 5.74) is 2.09. The van der Waals surface area contributed by atoms with Crippen molar-refractivity contribution in [2.75, 3.05) is 19.6 Å². The molecule has 2 saturated heterocycles. The van der Waals surface area contributed by atoms with Gasteiger partial charge in [-0.15, -0.1) is 0 Å². The molecule has 1 aromatic carbocycles. The molecule has 1 spiro atoms. The van der Waals surface area contributed by atoms with Crippen LogP contribution >= 0.6 is 0 Å². The quantitative estimate of drug-likeness (QED) is 0.520. The number of rotatable bonds is 9. The number of nitrogens with zero attached hydrogens (tertiary/aromatic N) is 2. The van der Waals surface area contributed by atoms with Gasteiger partial charge in [0.25, 0.3) is 0 Å². The Balaban J connectivity index is 1.42. The van der Waals surface area contributed by atoms with Crippen molar-refractivity contribution in [1.82, 2.24) is 15.1 Å². The number of piperidine rings is 1. The summed E-state index contributed by atoms with van der Waals surface area (Å²) in [5.74, 6) is 1.51. The molecule has 35 heavy (non-hydrogen) atoms. The van der Waals surface area contributed by atoms with Crippen LogP contribution in [-0.4, -0.2) is 52.8 Å². The van der Waals surface area contributed by atoms with Crippen LogP contribution in [0, 0.1) is 11.8 Å². The largest absolute Gasteiger partial charge is 0.342 e. The zero-order chi connectivity index (χ0) is 24.8. The smallest absolute Gasteiger partial charge is 0.246 e. The monoisotopic (exact) mass is 481 g/mol. The fourth-order valence-corrected chi connectivity index (χ4v) is 6.59. The van der Waals surface area contributed by atoms with Gasteiger partial charge in [0, 0.05) is 26.2 Å². The molecule has 1 unspecified atom stereocenters.